The summed E-state index contributed by atoms with van der Waals surface area (Å²) in [6, 6.07) is 10.3. The van der Waals surface area contributed by atoms with E-state index in [-0.39, 0.29) is 0 Å². The van der Waals surface area contributed by atoms with Crippen LogP contribution in [0.15, 0.2) is 24.3 Å². The molecule has 1 fully saturated rings. The molecule has 20 heavy (non-hydrogen) atoms. The predicted molar refractivity (Wildman–Crippen MR) is 85.1 cm³/mol. The van der Waals surface area contributed by atoms with Crippen molar-refractivity contribution >= 4 is 0 Å². The van der Waals surface area contributed by atoms with E-state index in [0.29, 0.717) is 11.5 Å². The molecule has 1 heterocycles. The Kier molecular flexibility index (Phi) is 3.87. The molecule has 1 N–H and O–H groups in total. The lowest BCUT2D eigenvalue weighted by Gasteiger charge is -2.38. The summed E-state index contributed by atoms with van der Waals surface area (Å²) in [6.07, 6.45) is 5.25. The molecule has 2 unspecified atom stereocenters. The Balaban J connectivity index is 1.72. The van der Waals surface area contributed by atoms with Gasteiger partial charge in [0.05, 0.1) is 0 Å². The van der Waals surface area contributed by atoms with Gasteiger partial charge in [-0.3, -0.25) is 0 Å². The molecular weight excluding hydrogens is 244 g/mol. The zero-order chi connectivity index (χ0) is 14.2. The van der Waals surface area contributed by atoms with Gasteiger partial charge in [0.2, 0.25) is 0 Å². The third-order valence-electron chi connectivity index (χ3n) is 5.39. The fourth-order valence-corrected chi connectivity index (χ4v) is 3.94. The Labute approximate surface area is 123 Å². The zero-order valence-electron chi connectivity index (χ0n) is 13.2. The highest BCUT2D eigenvalue weighted by molar-refractivity contribution is 5.38. The van der Waals surface area contributed by atoms with Crippen LogP contribution in [0.5, 0.6) is 0 Å². The summed E-state index contributed by atoms with van der Waals surface area (Å²) in [5, 5.41) is 3.85. The zero-order valence-corrected chi connectivity index (χ0v) is 13.2. The van der Waals surface area contributed by atoms with Gasteiger partial charge in [0.25, 0.3) is 0 Å². The van der Waals surface area contributed by atoms with Crippen molar-refractivity contribution in [3.8, 4) is 0 Å². The van der Waals surface area contributed by atoms with Crippen molar-refractivity contribution in [2.45, 2.75) is 57.0 Å². The minimum Gasteiger partial charge on any atom is -0.308 e. The lowest BCUT2D eigenvalue weighted by molar-refractivity contribution is 0.278. The van der Waals surface area contributed by atoms with Gasteiger partial charge in [-0.05, 0) is 55.8 Å². The first-order chi connectivity index (χ1) is 9.58. The quantitative estimate of drug-likeness (QED) is 0.906. The molecule has 2 aliphatic rings. The van der Waals surface area contributed by atoms with Crippen LogP contribution < -0.4 is 5.32 Å². The summed E-state index contributed by atoms with van der Waals surface area (Å²) in [6.45, 7) is 7.16. The minimum atomic E-state index is 0.332. The Morgan fingerprint density at radius 1 is 1.25 bits per heavy atom. The Morgan fingerprint density at radius 3 is 2.80 bits per heavy atom. The Bertz CT molecular complexity index is 466. The number of nitrogens with zero attached hydrogens (tertiary/aromatic N) is 1. The summed E-state index contributed by atoms with van der Waals surface area (Å²) < 4.78 is 0. The largest absolute Gasteiger partial charge is 0.308 e. The van der Waals surface area contributed by atoms with Crippen molar-refractivity contribution in [1.29, 1.82) is 0 Å². The van der Waals surface area contributed by atoms with Crippen LogP contribution in [-0.2, 0) is 5.41 Å². The van der Waals surface area contributed by atoms with Crippen LogP contribution in [-0.4, -0.2) is 31.1 Å². The summed E-state index contributed by atoms with van der Waals surface area (Å²) in [4.78, 5) is 2.51. The van der Waals surface area contributed by atoms with E-state index in [4.69, 9.17) is 0 Å². The van der Waals surface area contributed by atoms with E-state index in [1.807, 2.05) is 0 Å². The molecule has 2 nitrogen and oxygen atoms in total. The van der Waals surface area contributed by atoms with E-state index < -0.39 is 0 Å². The first-order valence-electron chi connectivity index (χ1n) is 8.11. The maximum atomic E-state index is 3.85. The number of likely N-dealkylation sites (tertiary alicyclic amines) is 1. The first kappa shape index (κ1) is 14.1. The molecule has 1 aromatic carbocycles. The molecule has 0 spiro atoms. The predicted octanol–water partition coefficient (Wildman–Crippen LogP) is 3.48. The van der Waals surface area contributed by atoms with Crippen molar-refractivity contribution in [2.24, 2.45) is 0 Å². The molecule has 1 saturated heterocycles. The van der Waals surface area contributed by atoms with Gasteiger partial charge in [-0.2, -0.15) is 0 Å². The third kappa shape index (κ3) is 2.64. The third-order valence-corrected chi connectivity index (χ3v) is 5.39. The van der Waals surface area contributed by atoms with Crippen LogP contribution >= 0.6 is 0 Å². The molecule has 0 amide bonds. The number of benzene rings is 1. The standard InChI is InChI=1S/C18H28N2/c1-18(2)11-10-17(15-8-4-5-9-16(15)18)19-13-14-7-6-12-20(14)3/h4-5,8-9,14,17,19H,6-7,10-13H2,1-3H3. The van der Waals surface area contributed by atoms with Gasteiger partial charge in [0.1, 0.15) is 0 Å². The maximum Gasteiger partial charge on any atom is 0.0324 e. The summed E-state index contributed by atoms with van der Waals surface area (Å²) in [5.41, 5.74) is 3.41. The summed E-state index contributed by atoms with van der Waals surface area (Å²) >= 11 is 0. The topological polar surface area (TPSA) is 15.3 Å². The Morgan fingerprint density at radius 2 is 2.05 bits per heavy atom. The lowest BCUT2D eigenvalue weighted by Crippen LogP contribution is -2.39. The molecule has 0 radical (unpaired) electrons. The fraction of sp³-hybridized carbons (Fsp3) is 0.667. The van der Waals surface area contributed by atoms with Gasteiger partial charge in [0, 0.05) is 18.6 Å². The van der Waals surface area contributed by atoms with Gasteiger partial charge in [-0.25, -0.2) is 0 Å². The smallest absolute Gasteiger partial charge is 0.0324 e. The van der Waals surface area contributed by atoms with E-state index in [2.05, 4.69) is 55.4 Å². The molecule has 2 heteroatoms. The average molecular weight is 272 g/mol. The number of hydrogen-bond acceptors (Lipinski definition) is 2. The van der Waals surface area contributed by atoms with Gasteiger partial charge < -0.3 is 10.2 Å². The normalized spacial score (nSPS) is 29.4. The first-order valence-corrected chi connectivity index (χ1v) is 8.11. The maximum absolute atomic E-state index is 3.85. The van der Waals surface area contributed by atoms with E-state index >= 15 is 0 Å². The van der Waals surface area contributed by atoms with Crippen LogP contribution in [0.2, 0.25) is 0 Å². The molecule has 1 aromatic rings. The van der Waals surface area contributed by atoms with Crippen LogP contribution in [0.4, 0.5) is 0 Å². The number of hydrogen-bond donors (Lipinski definition) is 1. The monoisotopic (exact) mass is 272 g/mol. The van der Waals surface area contributed by atoms with Crippen LogP contribution in [0.3, 0.4) is 0 Å². The number of nitrogens with one attached hydrogen (secondary N) is 1. The lowest BCUT2D eigenvalue weighted by atomic mass is 9.71. The van der Waals surface area contributed by atoms with Crippen LogP contribution in [0.25, 0.3) is 0 Å². The highest BCUT2D eigenvalue weighted by Gasteiger charge is 2.32. The molecule has 0 saturated carbocycles. The van der Waals surface area contributed by atoms with Crippen molar-refractivity contribution in [3.63, 3.8) is 0 Å². The van der Waals surface area contributed by atoms with Crippen molar-refractivity contribution < 1.29 is 0 Å². The second-order valence-electron chi connectivity index (χ2n) is 7.25. The van der Waals surface area contributed by atoms with Crippen molar-refractivity contribution in [1.82, 2.24) is 10.2 Å². The molecule has 0 aromatic heterocycles. The Hall–Kier alpha value is -0.860. The second-order valence-corrected chi connectivity index (χ2v) is 7.25. The fourth-order valence-electron chi connectivity index (χ4n) is 3.94. The highest BCUT2D eigenvalue weighted by Crippen LogP contribution is 2.41. The molecule has 0 bridgehead atoms. The van der Waals surface area contributed by atoms with E-state index in [9.17, 15) is 0 Å². The number of likely N-dealkylation sites (N-methyl/N-ethyl adjacent to an activating group) is 1. The van der Waals surface area contributed by atoms with Gasteiger partial charge in [-0.1, -0.05) is 38.1 Å². The minimum absolute atomic E-state index is 0.332. The van der Waals surface area contributed by atoms with Crippen molar-refractivity contribution in [2.75, 3.05) is 20.1 Å². The molecule has 1 aliphatic carbocycles. The number of fused-ring (bicyclic) bond motifs is 1. The SMILES string of the molecule is CN1CCCC1CNC1CCC(C)(C)c2ccccc21. The van der Waals surface area contributed by atoms with E-state index in [1.54, 1.807) is 5.56 Å². The van der Waals surface area contributed by atoms with Crippen LogP contribution in [0, 0.1) is 0 Å². The number of rotatable bonds is 3. The molecule has 3 rings (SSSR count). The highest BCUT2D eigenvalue weighted by atomic mass is 15.2. The molecule has 110 valence electrons. The van der Waals surface area contributed by atoms with Crippen LogP contribution in [0.1, 0.15) is 56.7 Å². The molecule has 2 atom stereocenters. The van der Waals surface area contributed by atoms with E-state index in [1.165, 1.54) is 37.8 Å². The summed E-state index contributed by atoms with van der Waals surface area (Å²) in [5.74, 6) is 0. The molecular formula is C18H28N2. The average Bonchev–Trinajstić information content (AvgIpc) is 2.84. The molecule has 1 aliphatic heterocycles. The van der Waals surface area contributed by atoms with Gasteiger partial charge in [0.15, 0.2) is 0 Å². The summed E-state index contributed by atoms with van der Waals surface area (Å²) in [7, 11) is 2.26. The van der Waals surface area contributed by atoms with Gasteiger partial charge in [-0.15, -0.1) is 0 Å². The van der Waals surface area contributed by atoms with Gasteiger partial charge >= 0.3 is 0 Å². The van der Waals surface area contributed by atoms with E-state index in [0.717, 1.165) is 12.6 Å². The second kappa shape index (κ2) is 5.50. The van der Waals surface area contributed by atoms with Crippen molar-refractivity contribution in [3.05, 3.63) is 35.4 Å².